The van der Waals surface area contributed by atoms with Crippen LogP contribution in [0.25, 0.3) is 33.6 Å². The quantitative estimate of drug-likeness (QED) is 0.484. The fourth-order valence-electron chi connectivity index (χ4n) is 2.57. The second-order valence-corrected chi connectivity index (χ2v) is 7.17. The molecule has 126 valence electrons. The van der Waals surface area contributed by atoms with Gasteiger partial charge in [0.25, 0.3) is 0 Å². The van der Waals surface area contributed by atoms with E-state index in [1.807, 2.05) is 58.8 Å². The third-order valence-corrected chi connectivity index (χ3v) is 5.44. The summed E-state index contributed by atoms with van der Waals surface area (Å²) < 4.78 is 1.83. The fraction of sp³-hybridized carbons (Fsp3) is 0.0526. The molecule has 0 radical (unpaired) electrons. The summed E-state index contributed by atoms with van der Waals surface area (Å²) >= 11 is 3.20. The first-order valence-corrected chi connectivity index (χ1v) is 9.63. The van der Waals surface area contributed by atoms with E-state index in [0.717, 1.165) is 27.7 Å². The summed E-state index contributed by atoms with van der Waals surface area (Å²) in [4.78, 5) is 4.60. The minimum Gasteiger partial charge on any atom is -0.310 e. The summed E-state index contributed by atoms with van der Waals surface area (Å²) in [5.41, 5.74) is 3.24. The molecule has 26 heavy (non-hydrogen) atoms. The van der Waals surface area contributed by atoms with E-state index in [-0.39, 0.29) is 0 Å². The topological polar surface area (TPSA) is 67.4 Å². The molecule has 7 heteroatoms. The standard InChI is InChI=1S/C19H13N5S2/c1-24-17(13-5-3-2-4-6-13)22-23-18(24)15(10-20)9-16-12-26-19(21-16)14-7-8-25-11-14/h2-9,11-12H,1H3/b15-9+. The summed E-state index contributed by atoms with van der Waals surface area (Å²) in [6.07, 6.45) is 1.76. The van der Waals surface area contributed by atoms with E-state index >= 15 is 0 Å². The second-order valence-electron chi connectivity index (χ2n) is 5.53. The highest BCUT2D eigenvalue weighted by atomic mass is 32.1. The number of aromatic nitrogens is 4. The Morgan fingerprint density at radius 3 is 2.69 bits per heavy atom. The van der Waals surface area contributed by atoms with Crippen LogP contribution in [0.5, 0.6) is 0 Å². The predicted octanol–water partition coefficient (Wildman–Crippen LogP) is 4.73. The molecule has 3 heterocycles. The first kappa shape index (κ1) is 16.4. The lowest BCUT2D eigenvalue weighted by Gasteiger charge is -2.02. The van der Waals surface area contributed by atoms with Gasteiger partial charge in [0.1, 0.15) is 11.1 Å². The normalized spacial score (nSPS) is 11.5. The maximum absolute atomic E-state index is 9.61. The van der Waals surface area contributed by atoms with Crippen molar-refractivity contribution < 1.29 is 0 Å². The zero-order chi connectivity index (χ0) is 17.9. The number of rotatable bonds is 4. The zero-order valence-electron chi connectivity index (χ0n) is 13.8. The summed E-state index contributed by atoms with van der Waals surface area (Å²) in [5.74, 6) is 1.25. The van der Waals surface area contributed by atoms with Crippen LogP contribution in [-0.4, -0.2) is 19.7 Å². The van der Waals surface area contributed by atoms with Crippen molar-refractivity contribution >= 4 is 34.3 Å². The van der Waals surface area contributed by atoms with Crippen LogP contribution in [0.1, 0.15) is 11.5 Å². The van der Waals surface area contributed by atoms with Gasteiger partial charge < -0.3 is 4.57 Å². The van der Waals surface area contributed by atoms with Crippen LogP contribution in [0.2, 0.25) is 0 Å². The molecule has 3 aromatic heterocycles. The van der Waals surface area contributed by atoms with Crippen molar-refractivity contribution in [3.63, 3.8) is 0 Å². The smallest absolute Gasteiger partial charge is 0.174 e. The Labute approximate surface area is 158 Å². The molecule has 0 saturated carbocycles. The Hall–Kier alpha value is -3.08. The van der Waals surface area contributed by atoms with Gasteiger partial charge in [-0.05, 0) is 17.5 Å². The van der Waals surface area contributed by atoms with Gasteiger partial charge in [0.2, 0.25) is 0 Å². The molecule has 4 aromatic rings. The third-order valence-electron chi connectivity index (χ3n) is 3.85. The number of hydrogen-bond donors (Lipinski definition) is 0. The molecule has 0 spiro atoms. The van der Waals surface area contributed by atoms with Crippen LogP contribution >= 0.6 is 22.7 Å². The van der Waals surface area contributed by atoms with Crippen molar-refractivity contribution in [2.24, 2.45) is 7.05 Å². The molecule has 0 N–H and O–H groups in total. The van der Waals surface area contributed by atoms with E-state index in [9.17, 15) is 5.26 Å². The van der Waals surface area contributed by atoms with E-state index < -0.39 is 0 Å². The molecule has 0 saturated heterocycles. The molecule has 0 aliphatic carbocycles. The Bertz CT molecular complexity index is 1100. The van der Waals surface area contributed by atoms with Crippen molar-refractivity contribution in [1.29, 1.82) is 5.26 Å². The lowest BCUT2D eigenvalue weighted by molar-refractivity contribution is 0.901. The number of allylic oxidation sites excluding steroid dienone is 1. The van der Waals surface area contributed by atoms with Gasteiger partial charge in [0, 0.05) is 28.9 Å². The lowest BCUT2D eigenvalue weighted by Crippen LogP contribution is -1.98. The summed E-state index contributed by atoms with van der Waals surface area (Å²) in [6.45, 7) is 0. The van der Waals surface area contributed by atoms with Crippen LogP contribution in [0.15, 0.2) is 52.5 Å². The first-order chi connectivity index (χ1) is 12.8. The van der Waals surface area contributed by atoms with Crippen LogP contribution in [0.3, 0.4) is 0 Å². The van der Waals surface area contributed by atoms with Crippen LogP contribution < -0.4 is 0 Å². The molecule has 0 unspecified atom stereocenters. The first-order valence-electron chi connectivity index (χ1n) is 7.81. The molecule has 0 atom stereocenters. The molecule has 5 nitrogen and oxygen atoms in total. The number of benzene rings is 1. The van der Waals surface area contributed by atoms with Gasteiger partial charge >= 0.3 is 0 Å². The van der Waals surface area contributed by atoms with Crippen molar-refractivity contribution in [2.75, 3.05) is 0 Å². The number of nitrogens with zero attached hydrogens (tertiary/aromatic N) is 5. The van der Waals surface area contributed by atoms with Gasteiger partial charge in [-0.1, -0.05) is 30.3 Å². The van der Waals surface area contributed by atoms with Crippen molar-refractivity contribution in [2.45, 2.75) is 0 Å². The number of nitriles is 1. The molecule has 1 aromatic carbocycles. The van der Waals surface area contributed by atoms with Crippen molar-refractivity contribution in [3.8, 4) is 28.0 Å². The Morgan fingerprint density at radius 2 is 1.96 bits per heavy atom. The second kappa shape index (κ2) is 7.04. The largest absolute Gasteiger partial charge is 0.310 e. The SMILES string of the molecule is Cn1c(/C(C#N)=C/c2csc(-c3ccsc3)n2)nnc1-c1ccccc1. The summed E-state index contributed by atoms with van der Waals surface area (Å²) in [5, 5.41) is 25.0. The molecule has 0 aliphatic rings. The highest BCUT2D eigenvalue weighted by Gasteiger charge is 2.15. The van der Waals surface area contributed by atoms with Gasteiger partial charge in [0.15, 0.2) is 11.6 Å². The fourth-order valence-corrected chi connectivity index (χ4v) is 4.06. The number of thiophene rings is 1. The van der Waals surface area contributed by atoms with Gasteiger partial charge in [-0.3, -0.25) is 0 Å². The van der Waals surface area contributed by atoms with Gasteiger partial charge in [0.05, 0.1) is 11.3 Å². The molecule has 0 bridgehead atoms. The molecule has 0 aliphatic heterocycles. The minimum atomic E-state index is 0.435. The maximum atomic E-state index is 9.61. The van der Waals surface area contributed by atoms with E-state index in [4.69, 9.17) is 0 Å². The van der Waals surface area contributed by atoms with Gasteiger partial charge in [-0.25, -0.2) is 4.98 Å². The number of thiazole rings is 1. The third kappa shape index (κ3) is 3.08. The maximum Gasteiger partial charge on any atom is 0.174 e. The van der Waals surface area contributed by atoms with Gasteiger partial charge in [-0.2, -0.15) is 16.6 Å². The minimum absolute atomic E-state index is 0.435. The lowest BCUT2D eigenvalue weighted by atomic mass is 10.2. The Balaban J connectivity index is 1.69. The average Bonchev–Trinajstić information content (AvgIpc) is 3.41. The van der Waals surface area contributed by atoms with Crippen LogP contribution in [0, 0.1) is 11.3 Å². The molecule has 4 rings (SSSR count). The number of hydrogen-bond acceptors (Lipinski definition) is 6. The summed E-state index contributed by atoms with van der Waals surface area (Å²) in [7, 11) is 1.86. The van der Waals surface area contributed by atoms with Crippen LogP contribution in [-0.2, 0) is 7.05 Å². The van der Waals surface area contributed by atoms with Gasteiger partial charge in [-0.15, -0.1) is 21.5 Å². The highest BCUT2D eigenvalue weighted by molar-refractivity contribution is 7.14. The molecular formula is C19H13N5S2. The molecular weight excluding hydrogens is 362 g/mol. The highest BCUT2D eigenvalue weighted by Crippen LogP contribution is 2.28. The molecule has 0 fully saturated rings. The van der Waals surface area contributed by atoms with Crippen molar-refractivity contribution in [1.82, 2.24) is 19.7 Å². The predicted molar refractivity (Wildman–Crippen MR) is 105 cm³/mol. The van der Waals surface area contributed by atoms with E-state index in [1.54, 1.807) is 28.7 Å². The molecule has 0 amide bonds. The zero-order valence-corrected chi connectivity index (χ0v) is 15.5. The van der Waals surface area contributed by atoms with E-state index in [2.05, 4.69) is 26.6 Å². The Morgan fingerprint density at radius 1 is 1.12 bits per heavy atom. The monoisotopic (exact) mass is 375 g/mol. The van der Waals surface area contributed by atoms with E-state index in [1.165, 1.54) is 0 Å². The summed E-state index contributed by atoms with van der Waals surface area (Å²) in [6, 6.07) is 14.1. The van der Waals surface area contributed by atoms with E-state index in [0.29, 0.717) is 11.4 Å². The average molecular weight is 375 g/mol. The Kier molecular flexibility index (Phi) is 4.44. The van der Waals surface area contributed by atoms with Crippen LogP contribution in [0.4, 0.5) is 0 Å². The van der Waals surface area contributed by atoms with Crippen molar-refractivity contribution in [3.05, 3.63) is 64.1 Å².